The van der Waals surface area contributed by atoms with Crippen LogP contribution in [0.3, 0.4) is 0 Å². The Hall–Kier alpha value is -11.0. The zero-order valence-corrected chi connectivity index (χ0v) is 65.7. The van der Waals surface area contributed by atoms with Crippen LogP contribution in [0.15, 0.2) is 241 Å². The number of nitrogens with zero attached hydrogens (tertiary/aromatic N) is 19. The standard InChI is InChI=1S/C19H19N3S.C18H18N4S.C15H18N4S.C14H17N4S.C14H16N4S/c1-20-11-12-23-19(20)17-10-6-9-16(22(17)3)18-13-14-7-4-5-8-15(14)21(18)2;1-20-11-12-23-18(20)16-10-6-9-15(21(16)2)17-19-13-7-4-5-8-14(13)22(17)3;1-11-16-10-14(18(11)3)12-6-5-7-13(19(12)4)15-17(2)8-9-20-15;1-15-10-11-19-14(15)12-6-4-7-13(17(12)3)18-9-5-8-16(18)2;1-16-8-7-15-13(16)11-5-4-6-12(18(11)3)14-17(2)9-10-19-14/h4-13H,1-3H3;4-12H,1-3H3;5-10H,1-4H3;4-11H,1-3H3;4-10H,1-3H3/q3*+2;+3;+2. The van der Waals surface area contributed by atoms with Crippen molar-refractivity contribution in [1.29, 1.82) is 0 Å². The van der Waals surface area contributed by atoms with Gasteiger partial charge in [-0.25, -0.2) is 19.5 Å². The van der Waals surface area contributed by atoms with Gasteiger partial charge in [-0.15, -0.1) is 0 Å². The summed E-state index contributed by atoms with van der Waals surface area (Å²) in [6.45, 7) is 2.02. The lowest BCUT2D eigenvalue weighted by Gasteiger charge is -2.04. The van der Waals surface area contributed by atoms with Gasteiger partial charge in [0.05, 0.1) is 57.2 Å². The molecule has 0 saturated carbocycles. The molecule has 15 heterocycles. The molecule has 0 unspecified atom stereocenters. The second-order valence-corrected chi connectivity index (χ2v) is 30.0. The molecule has 0 saturated heterocycles. The van der Waals surface area contributed by atoms with E-state index < -0.39 is 0 Å². The molecule has 2 aromatic carbocycles. The fourth-order valence-corrected chi connectivity index (χ4v) is 17.6. The van der Waals surface area contributed by atoms with E-state index in [0.717, 1.165) is 51.4 Å². The third kappa shape index (κ3) is 14.2. The highest BCUT2D eigenvalue weighted by Gasteiger charge is 2.31. The molecule has 522 valence electrons. The molecule has 19 nitrogen and oxygen atoms in total. The van der Waals surface area contributed by atoms with Gasteiger partial charge in [0.1, 0.15) is 80.6 Å². The van der Waals surface area contributed by atoms with Crippen LogP contribution >= 0.6 is 56.7 Å². The van der Waals surface area contributed by atoms with Crippen molar-refractivity contribution in [2.45, 2.75) is 6.92 Å². The fraction of sp³-hybridized carbons (Fsp3) is 0.200. The van der Waals surface area contributed by atoms with Crippen LogP contribution in [-0.2, 0) is 106 Å². The summed E-state index contributed by atoms with van der Waals surface area (Å²) in [7, 11) is 31.2. The Kier molecular flexibility index (Phi) is 21.2. The normalized spacial score (nSPS) is 11.1. The van der Waals surface area contributed by atoms with Crippen molar-refractivity contribution in [1.82, 2.24) is 37.9 Å². The highest BCUT2D eigenvalue weighted by atomic mass is 32.1. The Morgan fingerprint density at radius 2 is 0.760 bits per heavy atom. The largest absolute Gasteiger partial charge is 0.342 e. The molecule has 0 amide bonds. The summed E-state index contributed by atoms with van der Waals surface area (Å²) in [5.41, 5.74) is 16.4. The van der Waals surface area contributed by atoms with Gasteiger partial charge in [-0.05, 0) is 72.3 Å². The summed E-state index contributed by atoms with van der Waals surface area (Å²) < 4.78 is 34.6. The van der Waals surface area contributed by atoms with Crippen LogP contribution in [0.1, 0.15) is 5.82 Å². The molecule has 15 aromatic heterocycles. The third-order valence-corrected chi connectivity index (χ3v) is 23.9. The topological polar surface area (TPSA) is 106 Å². The van der Waals surface area contributed by atoms with Gasteiger partial charge in [0.25, 0.3) is 22.8 Å². The molecule has 0 atom stereocenters. The average Bonchev–Trinajstić information content (AvgIpc) is 1.63. The number of benzene rings is 2. The maximum Gasteiger partial charge on any atom is 0.342 e. The monoisotopic (exact) mass is 1470 g/mol. The molecule has 0 bridgehead atoms. The number of fused-ring (bicyclic) bond motifs is 2. The van der Waals surface area contributed by atoms with Crippen molar-refractivity contribution in [2.24, 2.45) is 106 Å². The maximum atomic E-state index is 4.83. The van der Waals surface area contributed by atoms with Gasteiger partial charge in [0.2, 0.25) is 46.3 Å². The lowest BCUT2D eigenvalue weighted by atomic mass is 10.2. The second kappa shape index (κ2) is 30.9. The number of pyridine rings is 5. The van der Waals surface area contributed by atoms with E-state index in [0.29, 0.717) is 0 Å². The SMILES string of the molecule is C[n+]1ccsc1-c1cccc(-n2ccc[n+]2C)[n+]1C.Cc1ncc(-c2cccc(-c3scc[n+]3C)[n+]2C)n1C.Cn1c(-c2cccc(-c3scc[n+]3C)[n+]2C)cc2ccccc21.Cn1c(-c2cccc(-c3scc[n+]3C)[n+]2C)nc2ccccc21.Cn1ccnc1-c1cccc(-c2scc[n+]2C)[n+]1C. The molecule has 0 N–H and O–H groups in total. The van der Waals surface area contributed by atoms with Gasteiger partial charge in [0, 0.05) is 111 Å². The first-order valence-electron chi connectivity index (χ1n) is 33.9. The first-order chi connectivity index (χ1) is 50.3. The minimum Gasteiger partial charge on any atom is -0.339 e. The van der Waals surface area contributed by atoms with E-state index >= 15 is 0 Å². The molecule has 104 heavy (non-hydrogen) atoms. The summed E-state index contributed by atoms with van der Waals surface area (Å²) >= 11 is 8.75. The second-order valence-electron chi connectivity index (χ2n) is 25.5. The summed E-state index contributed by atoms with van der Waals surface area (Å²) in [6.07, 6.45) is 20.3. The van der Waals surface area contributed by atoms with Crippen LogP contribution < -0.4 is 50.4 Å². The molecular formula is C80H88N19S5+11. The van der Waals surface area contributed by atoms with Crippen LogP contribution in [0, 0.1) is 6.92 Å². The van der Waals surface area contributed by atoms with Gasteiger partial charge in [0.15, 0.2) is 44.2 Å². The van der Waals surface area contributed by atoms with Gasteiger partial charge in [-0.2, -0.15) is 41.1 Å². The first-order valence-corrected chi connectivity index (χ1v) is 38.3. The van der Waals surface area contributed by atoms with E-state index in [9.17, 15) is 0 Å². The van der Waals surface area contributed by atoms with Crippen molar-refractivity contribution < 1.29 is 50.4 Å². The summed E-state index contributed by atoms with van der Waals surface area (Å²) in [4.78, 5) is 13.6. The van der Waals surface area contributed by atoms with E-state index in [2.05, 4.69) is 374 Å². The molecule has 17 aromatic rings. The van der Waals surface area contributed by atoms with E-state index in [4.69, 9.17) is 4.98 Å². The van der Waals surface area contributed by atoms with E-state index in [1.54, 1.807) is 56.7 Å². The Morgan fingerprint density at radius 1 is 0.346 bits per heavy atom. The molecule has 0 spiro atoms. The molecule has 0 aliphatic heterocycles. The zero-order valence-electron chi connectivity index (χ0n) is 61.6. The minimum atomic E-state index is 0.976. The minimum absolute atomic E-state index is 0.976. The van der Waals surface area contributed by atoms with Crippen LogP contribution in [0.4, 0.5) is 0 Å². The van der Waals surface area contributed by atoms with Gasteiger partial charge < -0.3 is 18.3 Å². The summed E-state index contributed by atoms with van der Waals surface area (Å²) in [6, 6.07) is 53.0. The van der Waals surface area contributed by atoms with E-state index in [1.165, 1.54) is 81.5 Å². The Bertz CT molecular complexity index is 5490. The van der Waals surface area contributed by atoms with Gasteiger partial charge in [-0.3, -0.25) is 0 Å². The zero-order chi connectivity index (χ0) is 73.0. The van der Waals surface area contributed by atoms with Crippen molar-refractivity contribution in [3.8, 4) is 105 Å². The Labute approximate surface area is 626 Å². The third-order valence-electron chi connectivity index (χ3n) is 19.0. The lowest BCUT2D eigenvalue weighted by molar-refractivity contribution is -0.764. The summed E-state index contributed by atoms with van der Waals surface area (Å²) in [5, 5.41) is 18.0. The van der Waals surface area contributed by atoms with Crippen molar-refractivity contribution in [3.05, 3.63) is 246 Å². The van der Waals surface area contributed by atoms with Crippen LogP contribution in [-0.4, -0.2) is 37.9 Å². The number of aryl methyl sites for hydroxylation is 10. The molecule has 0 fully saturated rings. The highest BCUT2D eigenvalue weighted by molar-refractivity contribution is 7.13. The summed E-state index contributed by atoms with van der Waals surface area (Å²) in [5.74, 6) is 4.11. The molecule has 0 aliphatic carbocycles. The van der Waals surface area contributed by atoms with Crippen LogP contribution in [0.5, 0.6) is 0 Å². The van der Waals surface area contributed by atoms with Gasteiger partial charge in [-0.1, -0.05) is 87.0 Å². The molecular weight excluding hydrogens is 1390 g/mol. The highest BCUT2D eigenvalue weighted by Crippen LogP contribution is 2.29. The lowest BCUT2D eigenvalue weighted by Crippen LogP contribution is -2.46. The Balaban J connectivity index is 0.000000116. The number of thiazole rings is 5. The molecule has 17 rings (SSSR count). The molecule has 0 radical (unpaired) electrons. The maximum absolute atomic E-state index is 4.83. The molecule has 0 aliphatic rings. The number of imidazole rings is 3. The number of hydrogen-bond donors (Lipinski definition) is 0. The Morgan fingerprint density at radius 3 is 1.17 bits per heavy atom. The predicted octanol–water partition coefficient (Wildman–Crippen LogP) is 9.76. The van der Waals surface area contributed by atoms with Crippen molar-refractivity contribution in [2.75, 3.05) is 0 Å². The number of rotatable bonds is 10. The average molecular weight is 1480 g/mol. The fourth-order valence-electron chi connectivity index (χ4n) is 13.0. The smallest absolute Gasteiger partial charge is 0.339 e. The van der Waals surface area contributed by atoms with Gasteiger partial charge >= 0.3 is 30.9 Å². The van der Waals surface area contributed by atoms with Crippen molar-refractivity contribution in [3.63, 3.8) is 0 Å². The number of aromatic nitrogens is 19. The molecule has 24 heteroatoms. The first kappa shape index (κ1) is 71.4. The van der Waals surface area contributed by atoms with Crippen LogP contribution in [0.25, 0.3) is 127 Å². The quantitative estimate of drug-likeness (QED) is 0.127. The van der Waals surface area contributed by atoms with E-state index in [1.807, 2.05) is 62.5 Å². The van der Waals surface area contributed by atoms with E-state index in [-0.39, 0.29) is 0 Å². The predicted molar refractivity (Wildman–Crippen MR) is 412 cm³/mol. The number of para-hydroxylation sites is 3. The number of hydrogen-bond acceptors (Lipinski definition) is 8. The van der Waals surface area contributed by atoms with Crippen LogP contribution in [0.2, 0.25) is 0 Å². The van der Waals surface area contributed by atoms with Crippen molar-refractivity contribution >= 4 is 78.6 Å².